The minimum absolute atomic E-state index is 0. The molecular weight excluding hydrogens is 541 g/mol. The van der Waals surface area contributed by atoms with E-state index in [4.69, 9.17) is 9.51 Å². The van der Waals surface area contributed by atoms with Crippen LogP contribution in [0.25, 0.3) is 11.5 Å². The molecule has 2 aromatic rings. The van der Waals surface area contributed by atoms with Crippen molar-refractivity contribution in [1.29, 1.82) is 0 Å². The van der Waals surface area contributed by atoms with Crippen LogP contribution in [0.3, 0.4) is 0 Å². The number of nitrogens with zero attached hydrogens (tertiary/aromatic N) is 5. The highest BCUT2D eigenvalue weighted by Crippen LogP contribution is 2.25. The number of piperidine rings is 1. The number of hydrogen-bond donors (Lipinski definition) is 0. The van der Waals surface area contributed by atoms with E-state index >= 15 is 0 Å². The van der Waals surface area contributed by atoms with Gasteiger partial charge in [-0.05, 0) is 75.2 Å². The maximum absolute atomic E-state index is 5.64. The number of hydrogen-bond acceptors (Lipinski definition) is 6. The van der Waals surface area contributed by atoms with Crippen molar-refractivity contribution >= 4 is 37.2 Å². The molecule has 9 heteroatoms. The van der Waals surface area contributed by atoms with Crippen LogP contribution < -0.4 is 0 Å². The SMILES string of the molecule is CCC(CC)N1CCC(Cc2noc(-c3ccc(CN4CCN(C(CC)CC)CC4)cc3)n2)CC1.Cl.Cl.Cl. The first kappa shape index (κ1) is 35.1. The zero-order chi connectivity index (χ0) is 24.6. The third-order valence-electron chi connectivity index (χ3n) is 8.52. The molecule has 3 heterocycles. The van der Waals surface area contributed by atoms with Gasteiger partial charge in [0.15, 0.2) is 5.82 Å². The summed E-state index contributed by atoms with van der Waals surface area (Å²) >= 11 is 0. The van der Waals surface area contributed by atoms with E-state index in [0.29, 0.717) is 11.8 Å². The molecule has 0 saturated carbocycles. The van der Waals surface area contributed by atoms with Crippen LogP contribution in [0.2, 0.25) is 0 Å². The number of aromatic nitrogens is 2. The minimum Gasteiger partial charge on any atom is -0.334 e. The third kappa shape index (κ3) is 9.35. The lowest BCUT2D eigenvalue weighted by atomic mass is 9.92. The Balaban J connectivity index is 0.00000241. The Kier molecular flexibility index (Phi) is 16.4. The molecule has 0 aliphatic carbocycles. The molecule has 1 aromatic heterocycles. The van der Waals surface area contributed by atoms with Crippen molar-refractivity contribution in [2.24, 2.45) is 5.92 Å². The Bertz CT molecular complexity index is 873. The second-order valence-corrected chi connectivity index (χ2v) is 10.6. The topological polar surface area (TPSA) is 48.6 Å². The van der Waals surface area contributed by atoms with Crippen LogP contribution in [-0.2, 0) is 13.0 Å². The third-order valence-corrected chi connectivity index (χ3v) is 8.52. The predicted octanol–water partition coefficient (Wildman–Crippen LogP) is 6.75. The number of likely N-dealkylation sites (tertiary alicyclic amines) is 1. The number of piperazine rings is 1. The average molecular weight is 591 g/mol. The second-order valence-electron chi connectivity index (χ2n) is 10.6. The monoisotopic (exact) mass is 589 g/mol. The summed E-state index contributed by atoms with van der Waals surface area (Å²) in [6.07, 6.45) is 8.43. The molecular formula is C29H50Cl3N5O. The van der Waals surface area contributed by atoms with Gasteiger partial charge in [0.05, 0.1) is 0 Å². The fourth-order valence-corrected chi connectivity index (χ4v) is 6.14. The van der Waals surface area contributed by atoms with Crippen molar-refractivity contribution in [3.05, 3.63) is 35.7 Å². The van der Waals surface area contributed by atoms with E-state index in [1.54, 1.807) is 0 Å². The van der Waals surface area contributed by atoms with Gasteiger partial charge in [0.2, 0.25) is 0 Å². The van der Waals surface area contributed by atoms with E-state index in [2.05, 4.69) is 71.8 Å². The molecule has 1 aromatic carbocycles. The van der Waals surface area contributed by atoms with Gasteiger partial charge in [-0.15, -0.1) is 37.2 Å². The van der Waals surface area contributed by atoms with E-state index in [-0.39, 0.29) is 37.2 Å². The molecule has 0 bridgehead atoms. The van der Waals surface area contributed by atoms with Crippen molar-refractivity contribution in [3.63, 3.8) is 0 Å². The zero-order valence-corrected chi connectivity index (χ0v) is 26.3. The van der Waals surface area contributed by atoms with E-state index in [1.807, 2.05) is 0 Å². The van der Waals surface area contributed by atoms with Crippen LogP contribution in [-0.4, -0.2) is 76.2 Å². The molecule has 2 saturated heterocycles. The summed E-state index contributed by atoms with van der Waals surface area (Å²) in [6, 6.07) is 10.2. The molecule has 4 rings (SSSR count). The van der Waals surface area contributed by atoms with Gasteiger partial charge in [-0.1, -0.05) is 45.0 Å². The van der Waals surface area contributed by atoms with Gasteiger partial charge in [0.25, 0.3) is 5.89 Å². The van der Waals surface area contributed by atoms with Crippen LogP contribution in [0, 0.1) is 5.92 Å². The van der Waals surface area contributed by atoms with Gasteiger partial charge in [-0.25, -0.2) is 0 Å². The fourth-order valence-electron chi connectivity index (χ4n) is 6.14. The van der Waals surface area contributed by atoms with Crippen LogP contribution >= 0.6 is 37.2 Å². The van der Waals surface area contributed by atoms with E-state index in [1.165, 1.54) is 70.3 Å². The van der Waals surface area contributed by atoms with Gasteiger partial charge in [0.1, 0.15) is 0 Å². The first-order valence-electron chi connectivity index (χ1n) is 14.3. The largest absolute Gasteiger partial charge is 0.334 e. The highest BCUT2D eigenvalue weighted by Gasteiger charge is 2.25. The maximum Gasteiger partial charge on any atom is 0.257 e. The standard InChI is InChI=1S/C29H47N5O.3ClH/c1-5-26(6-2)33-15-13-23(14-16-33)21-28-30-29(35-31-28)25-11-9-24(10-12-25)22-32-17-19-34(20-18-32)27(7-3)8-4;;;/h9-12,23,26-27H,5-8,13-22H2,1-4H3;3*1H. The molecule has 0 atom stereocenters. The molecule has 6 nitrogen and oxygen atoms in total. The van der Waals surface area contributed by atoms with Crippen LogP contribution in [0.1, 0.15) is 77.6 Å². The van der Waals surface area contributed by atoms with E-state index in [0.717, 1.165) is 49.5 Å². The molecule has 0 spiro atoms. The quantitative estimate of drug-likeness (QED) is 0.288. The Morgan fingerprint density at radius 1 is 0.763 bits per heavy atom. The van der Waals surface area contributed by atoms with Crippen molar-refractivity contribution in [3.8, 4) is 11.5 Å². The highest BCUT2D eigenvalue weighted by atomic mass is 35.5. The smallest absolute Gasteiger partial charge is 0.257 e. The molecule has 2 fully saturated rings. The minimum atomic E-state index is 0. The van der Waals surface area contributed by atoms with Gasteiger partial charge in [0, 0.05) is 56.8 Å². The summed E-state index contributed by atoms with van der Waals surface area (Å²) in [4.78, 5) is 12.7. The molecule has 2 aliphatic rings. The van der Waals surface area contributed by atoms with Gasteiger partial charge in [-0.2, -0.15) is 4.98 Å². The van der Waals surface area contributed by atoms with Crippen LogP contribution in [0.5, 0.6) is 0 Å². The first-order valence-corrected chi connectivity index (χ1v) is 14.3. The maximum atomic E-state index is 5.64. The van der Waals surface area contributed by atoms with Crippen LogP contribution in [0.4, 0.5) is 0 Å². The van der Waals surface area contributed by atoms with Crippen LogP contribution in [0.15, 0.2) is 28.8 Å². The van der Waals surface area contributed by atoms with Gasteiger partial charge >= 0.3 is 0 Å². The summed E-state index contributed by atoms with van der Waals surface area (Å²) in [7, 11) is 0. The van der Waals surface area contributed by atoms with Crippen molar-refractivity contribution in [2.75, 3.05) is 39.3 Å². The summed E-state index contributed by atoms with van der Waals surface area (Å²) in [6.45, 7) is 17.3. The van der Waals surface area contributed by atoms with Gasteiger partial charge in [-0.3, -0.25) is 9.80 Å². The number of halogens is 3. The molecule has 0 radical (unpaired) electrons. The number of rotatable bonds is 11. The fraction of sp³-hybridized carbons (Fsp3) is 0.724. The highest BCUT2D eigenvalue weighted by molar-refractivity contribution is 5.86. The zero-order valence-electron chi connectivity index (χ0n) is 23.8. The summed E-state index contributed by atoms with van der Waals surface area (Å²) in [5, 5.41) is 4.31. The Morgan fingerprint density at radius 2 is 1.29 bits per heavy atom. The normalized spacial score (nSPS) is 17.7. The first-order chi connectivity index (χ1) is 17.1. The lowest BCUT2D eigenvalue weighted by Crippen LogP contribution is -2.49. The number of benzene rings is 1. The molecule has 0 N–H and O–H groups in total. The van der Waals surface area contributed by atoms with Crippen molar-refractivity contribution in [2.45, 2.75) is 91.3 Å². The average Bonchev–Trinajstić information content (AvgIpc) is 3.36. The summed E-state index contributed by atoms with van der Waals surface area (Å²) < 4.78 is 5.64. The summed E-state index contributed by atoms with van der Waals surface area (Å²) in [5.41, 5.74) is 2.38. The predicted molar refractivity (Wildman–Crippen MR) is 165 cm³/mol. The van der Waals surface area contributed by atoms with Crippen molar-refractivity contribution < 1.29 is 4.52 Å². The Labute approximate surface area is 249 Å². The summed E-state index contributed by atoms with van der Waals surface area (Å²) in [5.74, 6) is 2.18. The van der Waals surface area contributed by atoms with E-state index in [9.17, 15) is 0 Å². The molecule has 38 heavy (non-hydrogen) atoms. The Hall–Kier alpha value is -0.890. The lowest BCUT2D eigenvalue weighted by molar-refractivity contribution is 0.0881. The second kappa shape index (κ2) is 17.7. The van der Waals surface area contributed by atoms with E-state index < -0.39 is 0 Å². The molecule has 218 valence electrons. The molecule has 0 amide bonds. The lowest BCUT2D eigenvalue weighted by Gasteiger charge is -2.38. The Morgan fingerprint density at radius 3 is 1.82 bits per heavy atom. The molecule has 0 unspecified atom stereocenters. The molecule has 2 aliphatic heterocycles. The van der Waals surface area contributed by atoms with Gasteiger partial charge < -0.3 is 9.42 Å². The van der Waals surface area contributed by atoms with Crippen molar-refractivity contribution in [1.82, 2.24) is 24.8 Å².